The molecular weight excluding hydrogens is 302 g/mol. The van der Waals surface area contributed by atoms with Gasteiger partial charge in [0.25, 0.3) is 0 Å². The summed E-state index contributed by atoms with van der Waals surface area (Å²) in [6, 6.07) is 7.56. The summed E-state index contributed by atoms with van der Waals surface area (Å²) in [4.78, 5) is 12.2. The van der Waals surface area contributed by atoms with E-state index in [4.69, 9.17) is 11.6 Å². The van der Waals surface area contributed by atoms with Gasteiger partial charge in [-0.2, -0.15) is 0 Å². The molecule has 0 aliphatic carbocycles. The van der Waals surface area contributed by atoms with Crippen molar-refractivity contribution in [3.8, 4) is 0 Å². The Morgan fingerprint density at radius 3 is 2.76 bits per heavy atom. The van der Waals surface area contributed by atoms with Gasteiger partial charge < -0.3 is 5.32 Å². The summed E-state index contributed by atoms with van der Waals surface area (Å²) in [5.41, 5.74) is 0.939. The van der Waals surface area contributed by atoms with Crippen molar-refractivity contribution in [1.82, 2.24) is 5.32 Å². The van der Waals surface area contributed by atoms with Crippen molar-refractivity contribution in [3.63, 3.8) is 0 Å². The highest BCUT2D eigenvalue weighted by atomic mass is 79.9. The minimum absolute atomic E-state index is 0.0351. The van der Waals surface area contributed by atoms with Crippen molar-refractivity contribution in [1.29, 1.82) is 0 Å². The van der Waals surface area contributed by atoms with Crippen molar-refractivity contribution in [3.05, 3.63) is 34.9 Å². The van der Waals surface area contributed by atoms with E-state index in [1.165, 1.54) is 0 Å². The molecule has 0 spiro atoms. The lowest BCUT2D eigenvalue weighted by molar-refractivity contribution is -0.121. The summed E-state index contributed by atoms with van der Waals surface area (Å²) in [6.45, 7) is 4.08. The molecule has 1 amide bonds. The van der Waals surface area contributed by atoms with E-state index in [2.05, 4.69) is 28.2 Å². The third-order valence-corrected chi connectivity index (χ3v) is 2.95. The lowest BCUT2D eigenvalue weighted by atomic mass is 10.1. The first kappa shape index (κ1) is 14.5. The lowest BCUT2D eigenvalue weighted by Crippen LogP contribution is -2.34. The third kappa shape index (κ3) is 6.08. The second-order valence-electron chi connectivity index (χ2n) is 4.29. The van der Waals surface area contributed by atoms with E-state index in [1.54, 1.807) is 6.07 Å². The van der Waals surface area contributed by atoms with E-state index >= 15 is 0 Å². The van der Waals surface area contributed by atoms with Crippen LogP contribution in [0.15, 0.2) is 24.3 Å². The van der Waals surface area contributed by atoms with Crippen LogP contribution in [0.4, 0.5) is 0 Å². The molecule has 0 heterocycles. The minimum atomic E-state index is 0.0351. The first-order valence-electron chi connectivity index (χ1n) is 5.65. The predicted octanol–water partition coefficient (Wildman–Crippen LogP) is 3.56. The number of hydrogen-bond acceptors (Lipinski definition) is 1. The summed E-state index contributed by atoms with van der Waals surface area (Å²) in [5, 5.41) is 3.63. The minimum Gasteiger partial charge on any atom is -0.353 e. The van der Waals surface area contributed by atoms with Crippen molar-refractivity contribution in [2.75, 3.05) is 0 Å². The second kappa shape index (κ2) is 7.02. The van der Waals surface area contributed by atoms with Crippen LogP contribution in [0.25, 0.3) is 0 Å². The smallest absolute Gasteiger partial charge is 0.224 e. The Hall–Kier alpha value is -0.540. The molecule has 0 radical (unpaired) electrons. The zero-order valence-electron chi connectivity index (χ0n) is 10.0. The SMILES string of the molecule is CC(Br)CC(C)NC(=O)Cc1cccc(Cl)c1. The average Bonchev–Trinajstić information content (AvgIpc) is 2.14. The van der Waals surface area contributed by atoms with Crippen LogP contribution in [0, 0.1) is 0 Å². The standard InChI is InChI=1S/C13H17BrClNO/c1-9(14)6-10(2)16-13(17)8-11-4-3-5-12(15)7-11/h3-5,7,9-10H,6,8H2,1-2H3,(H,16,17). The number of rotatable bonds is 5. The van der Waals surface area contributed by atoms with Gasteiger partial charge in [0, 0.05) is 15.9 Å². The van der Waals surface area contributed by atoms with Crippen molar-refractivity contribution in [2.45, 2.75) is 37.6 Å². The first-order chi connectivity index (χ1) is 7.97. The molecule has 2 unspecified atom stereocenters. The van der Waals surface area contributed by atoms with Crippen LogP contribution >= 0.6 is 27.5 Å². The summed E-state index contributed by atoms with van der Waals surface area (Å²) >= 11 is 9.34. The fraction of sp³-hybridized carbons (Fsp3) is 0.462. The van der Waals surface area contributed by atoms with Gasteiger partial charge in [-0.3, -0.25) is 4.79 Å². The fourth-order valence-electron chi connectivity index (χ4n) is 1.70. The van der Waals surface area contributed by atoms with Crippen molar-refractivity contribution >= 4 is 33.4 Å². The van der Waals surface area contributed by atoms with Crippen LogP contribution in [-0.4, -0.2) is 16.8 Å². The van der Waals surface area contributed by atoms with Crippen LogP contribution in [0.3, 0.4) is 0 Å². The Bertz CT molecular complexity index is 381. The normalized spacial score (nSPS) is 14.1. The number of carbonyl (C=O) groups excluding carboxylic acids is 1. The Labute approximate surface area is 116 Å². The Morgan fingerprint density at radius 2 is 2.18 bits per heavy atom. The van der Waals surface area contributed by atoms with Gasteiger partial charge in [-0.1, -0.05) is 46.6 Å². The van der Waals surface area contributed by atoms with Crippen molar-refractivity contribution < 1.29 is 4.79 Å². The van der Waals surface area contributed by atoms with E-state index in [0.29, 0.717) is 16.3 Å². The lowest BCUT2D eigenvalue weighted by Gasteiger charge is -2.15. The second-order valence-corrected chi connectivity index (χ2v) is 6.29. The average molecular weight is 319 g/mol. The third-order valence-electron chi connectivity index (χ3n) is 2.34. The number of nitrogens with one attached hydrogen (secondary N) is 1. The van der Waals surface area contributed by atoms with Gasteiger partial charge in [-0.25, -0.2) is 0 Å². The maximum absolute atomic E-state index is 11.7. The number of amides is 1. The molecule has 0 aliphatic rings. The van der Waals surface area contributed by atoms with Gasteiger partial charge in [-0.05, 0) is 31.0 Å². The van der Waals surface area contributed by atoms with E-state index in [9.17, 15) is 4.79 Å². The molecule has 0 aromatic heterocycles. The Kier molecular flexibility index (Phi) is 6.00. The first-order valence-corrected chi connectivity index (χ1v) is 6.94. The number of carbonyl (C=O) groups is 1. The highest BCUT2D eigenvalue weighted by Gasteiger charge is 2.10. The number of benzene rings is 1. The topological polar surface area (TPSA) is 29.1 Å². The zero-order chi connectivity index (χ0) is 12.8. The molecule has 94 valence electrons. The molecule has 1 N–H and O–H groups in total. The Morgan fingerprint density at radius 1 is 1.47 bits per heavy atom. The number of halogens is 2. The van der Waals surface area contributed by atoms with Gasteiger partial charge in [0.05, 0.1) is 6.42 Å². The van der Waals surface area contributed by atoms with Gasteiger partial charge in [-0.15, -0.1) is 0 Å². The molecule has 4 heteroatoms. The summed E-state index contributed by atoms with van der Waals surface area (Å²) in [5.74, 6) is 0.0351. The number of hydrogen-bond donors (Lipinski definition) is 1. The highest BCUT2D eigenvalue weighted by Crippen LogP contribution is 2.11. The summed E-state index contributed by atoms with van der Waals surface area (Å²) in [6.07, 6.45) is 1.29. The maximum atomic E-state index is 11.7. The van der Waals surface area contributed by atoms with Gasteiger partial charge in [0.15, 0.2) is 0 Å². The zero-order valence-corrected chi connectivity index (χ0v) is 12.4. The quantitative estimate of drug-likeness (QED) is 0.826. The summed E-state index contributed by atoms with van der Waals surface area (Å²) in [7, 11) is 0. The number of alkyl halides is 1. The molecule has 1 rings (SSSR count). The highest BCUT2D eigenvalue weighted by molar-refractivity contribution is 9.09. The molecule has 0 bridgehead atoms. The summed E-state index contributed by atoms with van der Waals surface area (Å²) < 4.78 is 0. The van der Waals surface area contributed by atoms with Crippen LogP contribution in [0.1, 0.15) is 25.8 Å². The monoisotopic (exact) mass is 317 g/mol. The molecular formula is C13H17BrClNO. The molecule has 2 nitrogen and oxygen atoms in total. The van der Waals surface area contributed by atoms with Crippen LogP contribution in [0.2, 0.25) is 5.02 Å². The van der Waals surface area contributed by atoms with Gasteiger partial charge >= 0.3 is 0 Å². The van der Waals surface area contributed by atoms with E-state index in [-0.39, 0.29) is 11.9 Å². The molecule has 0 fully saturated rings. The van der Waals surface area contributed by atoms with Crippen molar-refractivity contribution in [2.24, 2.45) is 0 Å². The predicted molar refractivity (Wildman–Crippen MR) is 75.8 cm³/mol. The fourth-order valence-corrected chi connectivity index (χ4v) is 2.48. The molecule has 0 aliphatic heterocycles. The van der Waals surface area contributed by atoms with Crippen LogP contribution in [0.5, 0.6) is 0 Å². The van der Waals surface area contributed by atoms with E-state index < -0.39 is 0 Å². The van der Waals surface area contributed by atoms with Crippen LogP contribution in [-0.2, 0) is 11.2 Å². The molecule has 1 aromatic rings. The molecule has 2 atom stereocenters. The van der Waals surface area contributed by atoms with Gasteiger partial charge in [0.1, 0.15) is 0 Å². The van der Waals surface area contributed by atoms with E-state index in [1.807, 2.05) is 25.1 Å². The van der Waals surface area contributed by atoms with E-state index in [0.717, 1.165) is 12.0 Å². The van der Waals surface area contributed by atoms with Gasteiger partial charge in [0.2, 0.25) is 5.91 Å². The molecule has 1 aromatic carbocycles. The molecule has 17 heavy (non-hydrogen) atoms. The Balaban J connectivity index is 2.44. The molecule has 0 saturated heterocycles. The maximum Gasteiger partial charge on any atom is 0.224 e. The van der Waals surface area contributed by atoms with Crippen LogP contribution < -0.4 is 5.32 Å². The largest absolute Gasteiger partial charge is 0.353 e. The molecule has 0 saturated carbocycles.